The van der Waals surface area contributed by atoms with Gasteiger partial charge in [0.15, 0.2) is 11.5 Å². The molecule has 138 valence electrons. The van der Waals surface area contributed by atoms with Gasteiger partial charge in [-0.15, -0.1) is 0 Å². The Morgan fingerprint density at radius 3 is 2.93 bits per heavy atom. The van der Waals surface area contributed by atoms with E-state index in [4.69, 9.17) is 4.52 Å². The highest BCUT2D eigenvalue weighted by molar-refractivity contribution is 6.14. The number of allylic oxidation sites excluding steroid dienone is 3. The Hall–Kier alpha value is -3.54. The van der Waals surface area contributed by atoms with Gasteiger partial charge < -0.3 is 9.84 Å². The highest BCUT2D eigenvalue weighted by Crippen LogP contribution is 2.39. The lowest BCUT2D eigenvalue weighted by Crippen LogP contribution is -2.35. The zero-order valence-corrected chi connectivity index (χ0v) is 15.0. The topological polar surface area (TPSA) is 84.6 Å². The number of nitrogens with one attached hydrogen (secondary N) is 1. The quantitative estimate of drug-likeness (QED) is 0.874. The second-order valence-electron chi connectivity index (χ2n) is 7.03. The molecule has 1 atom stereocenters. The molecular formula is C22H17N3O3. The van der Waals surface area contributed by atoms with Crippen molar-refractivity contribution in [2.75, 3.05) is 0 Å². The van der Waals surface area contributed by atoms with Crippen molar-refractivity contribution in [3.63, 3.8) is 0 Å². The van der Waals surface area contributed by atoms with Crippen LogP contribution in [-0.4, -0.2) is 22.7 Å². The molecule has 1 aromatic carbocycles. The maximum atomic E-state index is 12.5. The Morgan fingerprint density at radius 2 is 2.07 bits per heavy atom. The van der Waals surface area contributed by atoms with Gasteiger partial charge in [-0.2, -0.15) is 0 Å². The first-order valence-corrected chi connectivity index (χ1v) is 9.27. The number of hydrogen-bond donors (Lipinski definition) is 1. The van der Waals surface area contributed by atoms with E-state index in [2.05, 4.69) is 15.5 Å². The van der Waals surface area contributed by atoms with E-state index in [1.54, 1.807) is 12.1 Å². The fourth-order valence-electron chi connectivity index (χ4n) is 3.95. The number of nitrogens with zero attached hydrogens (tertiary/aromatic N) is 2. The summed E-state index contributed by atoms with van der Waals surface area (Å²) in [7, 11) is 0. The summed E-state index contributed by atoms with van der Waals surface area (Å²) in [5.41, 5.74) is 4.37. The third kappa shape index (κ3) is 2.83. The smallest absolute Gasteiger partial charge is 0.299 e. The summed E-state index contributed by atoms with van der Waals surface area (Å²) in [5, 5.41) is 6.79. The van der Waals surface area contributed by atoms with Crippen LogP contribution in [0.5, 0.6) is 0 Å². The van der Waals surface area contributed by atoms with Crippen LogP contribution in [0.15, 0.2) is 81.0 Å². The van der Waals surface area contributed by atoms with E-state index in [0.717, 1.165) is 36.1 Å². The lowest BCUT2D eigenvalue weighted by Gasteiger charge is -2.28. The van der Waals surface area contributed by atoms with E-state index < -0.39 is 5.91 Å². The highest BCUT2D eigenvalue weighted by atomic mass is 16.5. The van der Waals surface area contributed by atoms with Gasteiger partial charge in [-0.05, 0) is 37.0 Å². The van der Waals surface area contributed by atoms with Gasteiger partial charge in [0, 0.05) is 28.8 Å². The fraction of sp³-hybridized carbons (Fsp3) is 0.182. The number of carbonyl (C=O) groups excluding carboxylic acids is 2. The summed E-state index contributed by atoms with van der Waals surface area (Å²) >= 11 is 0. The van der Waals surface area contributed by atoms with Gasteiger partial charge in [-0.3, -0.25) is 9.59 Å². The first-order valence-electron chi connectivity index (χ1n) is 9.27. The summed E-state index contributed by atoms with van der Waals surface area (Å²) in [4.78, 5) is 28.9. The molecule has 1 unspecified atom stereocenters. The Bertz CT molecular complexity index is 1100. The molecule has 0 radical (unpaired) electrons. The number of aromatic nitrogens is 1. The summed E-state index contributed by atoms with van der Waals surface area (Å²) in [6.07, 6.45) is 8.39. The maximum Gasteiger partial charge on any atom is 0.299 e. The first-order chi connectivity index (χ1) is 13.7. The van der Waals surface area contributed by atoms with Crippen LogP contribution in [0.2, 0.25) is 0 Å². The minimum Gasteiger partial charge on any atom is -0.355 e. The average molecular weight is 371 g/mol. The van der Waals surface area contributed by atoms with Crippen molar-refractivity contribution in [3.8, 4) is 11.3 Å². The predicted octanol–water partition coefficient (Wildman–Crippen LogP) is 3.60. The molecular weight excluding hydrogens is 354 g/mol. The van der Waals surface area contributed by atoms with Crippen molar-refractivity contribution in [2.24, 2.45) is 10.9 Å². The third-order valence-corrected chi connectivity index (χ3v) is 5.28. The van der Waals surface area contributed by atoms with Crippen molar-refractivity contribution < 1.29 is 14.1 Å². The third-order valence-electron chi connectivity index (χ3n) is 5.28. The van der Waals surface area contributed by atoms with E-state index >= 15 is 0 Å². The zero-order chi connectivity index (χ0) is 19.1. The van der Waals surface area contributed by atoms with Crippen molar-refractivity contribution >= 4 is 17.5 Å². The van der Waals surface area contributed by atoms with Gasteiger partial charge in [0.25, 0.3) is 11.8 Å². The number of rotatable bonds is 2. The van der Waals surface area contributed by atoms with Crippen LogP contribution in [0.1, 0.15) is 29.8 Å². The first kappa shape index (κ1) is 16.6. The van der Waals surface area contributed by atoms with Crippen LogP contribution in [0, 0.1) is 5.92 Å². The Morgan fingerprint density at radius 1 is 1.21 bits per heavy atom. The number of fused-ring (bicyclic) bond motifs is 2. The minimum absolute atomic E-state index is 0.0278. The van der Waals surface area contributed by atoms with Gasteiger partial charge in [0.2, 0.25) is 0 Å². The van der Waals surface area contributed by atoms with Gasteiger partial charge in [0.05, 0.1) is 5.71 Å². The number of amides is 2. The number of benzene rings is 1. The van der Waals surface area contributed by atoms with Gasteiger partial charge >= 0.3 is 0 Å². The second kappa shape index (κ2) is 6.56. The molecule has 28 heavy (non-hydrogen) atoms. The normalized spacial score (nSPS) is 22.0. The van der Waals surface area contributed by atoms with Crippen LogP contribution < -0.4 is 5.32 Å². The monoisotopic (exact) mass is 371 g/mol. The molecule has 2 heterocycles. The molecule has 6 heteroatoms. The molecule has 1 aliphatic heterocycles. The van der Waals surface area contributed by atoms with Crippen LogP contribution in [0.3, 0.4) is 0 Å². The molecule has 1 N–H and O–H groups in total. The van der Waals surface area contributed by atoms with E-state index in [1.807, 2.05) is 42.5 Å². The highest BCUT2D eigenvalue weighted by Gasteiger charge is 2.34. The molecule has 2 amide bonds. The number of hydrogen-bond acceptors (Lipinski definition) is 4. The second-order valence-corrected chi connectivity index (χ2v) is 7.03. The van der Waals surface area contributed by atoms with E-state index in [-0.39, 0.29) is 17.5 Å². The molecule has 0 bridgehead atoms. The molecule has 0 spiro atoms. The molecule has 0 fully saturated rings. The molecule has 0 saturated heterocycles. The lowest BCUT2D eigenvalue weighted by atomic mass is 9.85. The zero-order valence-electron chi connectivity index (χ0n) is 15.0. The molecule has 6 nitrogen and oxygen atoms in total. The summed E-state index contributed by atoms with van der Waals surface area (Å²) in [5.74, 6) is 0.0896. The molecule has 3 aliphatic rings. The van der Waals surface area contributed by atoms with Crippen LogP contribution >= 0.6 is 0 Å². The van der Waals surface area contributed by atoms with E-state index in [0.29, 0.717) is 11.5 Å². The molecule has 1 aromatic heterocycles. The van der Waals surface area contributed by atoms with Gasteiger partial charge in [-0.1, -0.05) is 41.6 Å². The predicted molar refractivity (Wildman–Crippen MR) is 103 cm³/mol. The Balaban J connectivity index is 1.39. The standard InChI is InChI=1S/C22H17N3O3/c26-21-17-8-4-7-15(17)16-10-9-14(11-18(16)24-21)23-22(27)19-12-20(28-25-19)13-5-2-1-3-6-13/h1-3,5-6,9-12,16H,4,7-8H2,(H,24,26). The lowest BCUT2D eigenvalue weighted by molar-refractivity contribution is -0.117. The number of aliphatic imine (C=N–C) groups is 1. The maximum absolute atomic E-state index is 12.5. The minimum atomic E-state index is -0.483. The van der Waals surface area contributed by atoms with Crippen LogP contribution in [0.4, 0.5) is 0 Å². The molecule has 0 saturated carbocycles. The van der Waals surface area contributed by atoms with Gasteiger partial charge in [-0.25, -0.2) is 4.99 Å². The molecule has 2 aliphatic carbocycles. The molecule has 2 aromatic rings. The molecule has 5 rings (SSSR count). The summed E-state index contributed by atoms with van der Waals surface area (Å²) < 4.78 is 5.27. The van der Waals surface area contributed by atoms with Crippen molar-refractivity contribution in [3.05, 3.63) is 77.2 Å². The van der Waals surface area contributed by atoms with Crippen LogP contribution in [-0.2, 0) is 4.79 Å². The summed E-state index contributed by atoms with van der Waals surface area (Å²) in [6, 6.07) is 11.0. The SMILES string of the molecule is O=C1NC2=CC(=NC(=O)c3cc(-c4ccccc4)on3)C=CC2C2=C1CCC2. The van der Waals surface area contributed by atoms with Crippen molar-refractivity contribution in [1.82, 2.24) is 10.5 Å². The van der Waals surface area contributed by atoms with Crippen LogP contribution in [0.25, 0.3) is 11.3 Å². The van der Waals surface area contributed by atoms with Crippen molar-refractivity contribution in [1.29, 1.82) is 0 Å². The fourth-order valence-corrected chi connectivity index (χ4v) is 3.95. The van der Waals surface area contributed by atoms with Crippen molar-refractivity contribution in [2.45, 2.75) is 19.3 Å². The average Bonchev–Trinajstić information content (AvgIpc) is 3.39. The Kier molecular flexibility index (Phi) is 3.90. The number of carbonyl (C=O) groups is 2. The van der Waals surface area contributed by atoms with Gasteiger partial charge in [0.1, 0.15) is 0 Å². The summed E-state index contributed by atoms with van der Waals surface area (Å²) in [6.45, 7) is 0. The largest absolute Gasteiger partial charge is 0.355 e. The van der Waals surface area contributed by atoms with E-state index in [9.17, 15) is 9.59 Å². The Labute approximate surface area is 161 Å². The van der Waals surface area contributed by atoms with E-state index in [1.165, 1.54) is 5.57 Å².